The van der Waals surface area contributed by atoms with Crippen LogP contribution in [0.25, 0.3) is 10.2 Å². The van der Waals surface area contributed by atoms with Crippen LogP contribution in [0.15, 0.2) is 35.3 Å². The van der Waals surface area contributed by atoms with Crippen molar-refractivity contribution in [2.24, 2.45) is 4.99 Å². The van der Waals surface area contributed by atoms with Crippen molar-refractivity contribution < 1.29 is 14.3 Å². The fourth-order valence-corrected chi connectivity index (χ4v) is 4.26. The second kappa shape index (κ2) is 7.96. The van der Waals surface area contributed by atoms with Crippen LogP contribution in [0.2, 0.25) is 0 Å². The van der Waals surface area contributed by atoms with E-state index < -0.39 is 0 Å². The number of methoxy groups -OCH3 is 2. The Morgan fingerprint density at radius 1 is 1.15 bits per heavy atom. The Hall–Kier alpha value is -2.60. The number of hydrogen-bond donors (Lipinski definition) is 0. The predicted octanol–water partition coefficient (Wildman–Crippen LogP) is 4.49. The number of hydrogen-bond acceptors (Lipinski definition) is 4. The molecule has 0 bridgehead atoms. The number of carbonyl (C=O) groups excluding carboxylic acids is 1. The summed E-state index contributed by atoms with van der Waals surface area (Å²) in [4.78, 5) is 18.0. The second-order valence-electron chi connectivity index (χ2n) is 6.45. The minimum absolute atomic E-state index is 0.319. The summed E-state index contributed by atoms with van der Waals surface area (Å²) in [5.74, 6) is 0.774. The molecule has 0 atom stereocenters. The maximum absolute atomic E-state index is 12.9. The van der Waals surface area contributed by atoms with Crippen LogP contribution < -0.4 is 14.3 Å². The number of ether oxygens (including phenoxy) is 2. The molecule has 3 rings (SSSR count). The van der Waals surface area contributed by atoms with Crippen molar-refractivity contribution in [1.82, 2.24) is 4.57 Å². The lowest BCUT2D eigenvalue weighted by Gasteiger charge is -2.08. The Morgan fingerprint density at radius 2 is 1.93 bits per heavy atom. The molecule has 5 nitrogen and oxygen atoms in total. The van der Waals surface area contributed by atoms with E-state index in [1.165, 1.54) is 22.9 Å². The van der Waals surface area contributed by atoms with Crippen molar-refractivity contribution in [3.8, 4) is 11.5 Å². The first-order valence-electron chi connectivity index (χ1n) is 8.90. The molecule has 6 heteroatoms. The summed E-state index contributed by atoms with van der Waals surface area (Å²) in [5.41, 5.74) is 3.97. The van der Waals surface area contributed by atoms with Crippen LogP contribution >= 0.6 is 11.3 Å². The van der Waals surface area contributed by atoms with Gasteiger partial charge in [0.1, 0.15) is 11.5 Å². The van der Waals surface area contributed by atoms with Gasteiger partial charge in [-0.3, -0.25) is 4.79 Å². The second-order valence-corrected chi connectivity index (χ2v) is 7.43. The average Bonchev–Trinajstić information content (AvgIpc) is 2.99. The molecule has 142 valence electrons. The Balaban J connectivity index is 2.17. The number of rotatable bonds is 5. The molecule has 2 aromatic carbocycles. The maximum atomic E-state index is 12.9. The van der Waals surface area contributed by atoms with E-state index in [0.29, 0.717) is 21.9 Å². The molecule has 0 aliphatic rings. The lowest BCUT2D eigenvalue weighted by molar-refractivity contribution is 0.0995. The van der Waals surface area contributed by atoms with Gasteiger partial charge in [0.05, 0.1) is 30.0 Å². The van der Waals surface area contributed by atoms with Crippen molar-refractivity contribution in [1.29, 1.82) is 0 Å². The van der Waals surface area contributed by atoms with Gasteiger partial charge in [0.2, 0.25) is 0 Å². The predicted molar refractivity (Wildman–Crippen MR) is 109 cm³/mol. The fourth-order valence-electron chi connectivity index (χ4n) is 3.16. The van der Waals surface area contributed by atoms with Crippen LogP contribution in [0.5, 0.6) is 11.5 Å². The molecule has 0 unspecified atom stereocenters. The molecule has 0 aliphatic carbocycles. The molecule has 1 amide bonds. The highest BCUT2D eigenvalue weighted by Crippen LogP contribution is 2.26. The highest BCUT2D eigenvalue weighted by atomic mass is 32.1. The molecule has 1 heterocycles. The molecular formula is C21H24N2O3S. The van der Waals surface area contributed by atoms with E-state index in [9.17, 15) is 4.79 Å². The largest absolute Gasteiger partial charge is 0.497 e. The number of fused-ring (bicyclic) bond motifs is 1. The van der Waals surface area contributed by atoms with Gasteiger partial charge in [-0.05, 0) is 49.6 Å². The van der Waals surface area contributed by atoms with Crippen LogP contribution in [-0.2, 0) is 6.54 Å². The Kier molecular flexibility index (Phi) is 5.65. The van der Waals surface area contributed by atoms with Gasteiger partial charge in [-0.15, -0.1) is 0 Å². The first-order chi connectivity index (χ1) is 13.0. The minimum Gasteiger partial charge on any atom is -0.497 e. The van der Waals surface area contributed by atoms with Crippen LogP contribution in [0.3, 0.4) is 0 Å². The van der Waals surface area contributed by atoms with Crippen molar-refractivity contribution in [3.05, 3.63) is 51.8 Å². The molecule has 0 N–H and O–H groups in total. The third-order valence-electron chi connectivity index (χ3n) is 4.40. The fraction of sp³-hybridized carbons (Fsp3) is 0.333. The summed E-state index contributed by atoms with van der Waals surface area (Å²) >= 11 is 1.55. The van der Waals surface area contributed by atoms with E-state index in [1.807, 2.05) is 0 Å². The summed E-state index contributed by atoms with van der Waals surface area (Å²) in [7, 11) is 3.12. The quantitative estimate of drug-likeness (QED) is 0.651. The van der Waals surface area contributed by atoms with Gasteiger partial charge < -0.3 is 14.0 Å². The van der Waals surface area contributed by atoms with Crippen molar-refractivity contribution in [2.75, 3.05) is 14.2 Å². The standard InChI is InChI=1S/C21H24N2O3S/c1-6-9-23-17-11-13(2)10-14(3)19(17)27-21(23)22-20(24)16-8-7-15(25-4)12-18(16)26-5/h7-8,10-12H,6,9H2,1-5H3. The zero-order valence-corrected chi connectivity index (χ0v) is 17.1. The minimum atomic E-state index is -0.319. The van der Waals surface area contributed by atoms with Gasteiger partial charge in [-0.1, -0.05) is 24.3 Å². The summed E-state index contributed by atoms with van der Waals surface area (Å²) in [6, 6.07) is 9.45. The lowest BCUT2D eigenvalue weighted by Crippen LogP contribution is -2.17. The Morgan fingerprint density at radius 3 is 2.59 bits per heavy atom. The van der Waals surface area contributed by atoms with E-state index in [-0.39, 0.29) is 5.91 Å². The molecule has 0 aliphatic heterocycles. The third kappa shape index (κ3) is 3.76. The molecule has 3 aromatic rings. The monoisotopic (exact) mass is 384 g/mol. The molecule has 0 spiro atoms. The highest BCUT2D eigenvalue weighted by molar-refractivity contribution is 7.16. The zero-order valence-electron chi connectivity index (χ0n) is 16.3. The number of nitrogens with zero attached hydrogens (tertiary/aromatic N) is 2. The van der Waals surface area contributed by atoms with E-state index >= 15 is 0 Å². The van der Waals surface area contributed by atoms with Gasteiger partial charge in [0.15, 0.2) is 4.80 Å². The number of benzene rings is 2. The van der Waals surface area contributed by atoms with Gasteiger partial charge in [0.25, 0.3) is 5.91 Å². The number of aryl methyl sites for hydroxylation is 3. The first kappa shape index (κ1) is 19.2. The molecule has 1 aromatic heterocycles. The Bertz CT molecular complexity index is 1060. The SMILES string of the molecule is CCCn1c(=NC(=O)c2ccc(OC)cc2OC)sc2c(C)cc(C)cc21. The van der Waals surface area contributed by atoms with Gasteiger partial charge >= 0.3 is 0 Å². The molecule has 0 saturated heterocycles. The van der Waals surface area contributed by atoms with E-state index in [2.05, 4.69) is 42.5 Å². The summed E-state index contributed by atoms with van der Waals surface area (Å²) in [6.45, 7) is 7.12. The molecule has 27 heavy (non-hydrogen) atoms. The summed E-state index contributed by atoms with van der Waals surface area (Å²) in [6.07, 6.45) is 0.964. The molecule has 0 saturated carbocycles. The smallest absolute Gasteiger partial charge is 0.283 e. The summed E-state index contributed by atoms with van der Waals surface area (Å²) in [5, 5.41) is 0. The van der Waals surface area contributed by atoms with Gasteiger partial charge in [-0.2, -0.15) is 4.99 Å². The third-order valence-corrected chi connectivity index (χ3v) is 5.63. The zero-order chi connectivity index (χ0) is 19.6. The first-order valence-corrected chi connectivity index (χ1v) is 9.71. The number of carbonyl (C=O) groups is 1. The maximum Gasteiger partial charge on any atom is 0.283 e. The highest BCUT2D eigenvalue weighted by Gasteiger charge is 2.15. The average molecular weight is 385 g/mol. The lowest BCUT2D eigenvalue weighted by atomic mass is 10.1. The van der Waals surface area contributed by atoms with Crippen molar-refractivity contribution in [3.63, 3.8) is 0 Å². The summed E-state index contributed by atoms with van der Waals surface area (Å²) < 4.78 is 13.9. The van der Waals surface area contributed by atoms with Crippen molar-refractivity contribution in [2.45, 2.75) is 33.7 Å². The van der Waals surface area contributed by atoms with E-state index in [0.717, 1.165) is 18.5 Å². The molecular weight excluding hydrogens is 360 g/mol. The van der Waals surface area contributed by atoms with E-state index in [4.69, 9.17) is 9.47 Å². The van der Waals surface area contributed by atoms with E-state index in [1.54, 1.807) is 36.6 Å². The van der Waals surface area contributed by atoms with Crippen molar-refractivity contribution >= 4 is 27.5 Å². The van der Waals surface area contributed by atoms with Gasteiger partial charge in [-0.25, -0.2) is 0 Å². The number of amides is 1. The molecule has 0 radical (unpaired) electrons. The van der Waals surface area contributed by atoms with Crippen LogP contribution in [0.4, 0.5) is 0 Å². The van der Waals surface area contributed by atoms with Crippen LogP contribution in [0, 0.1) is 13.8 Å². The van der Waals surface area contributed by atoms with Gasteiger partial charge in [0, 0.05) is 12.6 Å². The van der Waals surface area contributed by atoms with Crippen LogP contribution in [-0.4, -0.2) is 24.7 Å². The topological polar surface area (TPSA) is 52.8 Å². The molecule has 0 fully saturated rings. The van der Waals surface area contributed by atoms with Crippen LogP contribution in [0.1, 0.15) is 34.8 Å². The normalized spacial score (nSPS) is 11.8. The Labute approximate surface area is 162 Å². The number of aromatic nitrogens is 1. The number of thiazole rings is 1.